The van der Waals surface area contributed by atoms with Crippen molar-refractivity contribution < 1.29 is 19.7 Å². The van der Waals surface area contributed by atoms with E-state index in [0.717, 1.165) is 0 Å². The number of hydrogen-bond acceptors (Lipinski definition) is 6. The molecule has 1 aliphatic heterocycles. The van der Waals surface area contributed by atoms with Gasteiger partial charge in [0.25, 0.3) is 0 Å². The van der Waals surface area contributed by atoms with E-state index in [9.17, 15) is 10.2 Å². The molecule has 0 radical (unpaired) electrons. The van der Waals surface area contributed by atoms with Gasteiger partial charge in [-0.2, -0.15) is 5.26 Å². The largest absolute Gasteiger partial charge is 0.485 e. The van der Waals surface area contributed by atoms with E-state index < -0.39 is 12.2 Å². The third-order valence-electron chi connectivity index (χ3n) is 2.03. The van der Waals surface area contributed by atoms with Gasteiger partial charge in [0, 0.05) is 5.38 Å². The summed E-state index contributed by atoms with van der Waals surface area (Å²) in [7, 11) is 0. The Morgan fingerprint density at radius 1 is 1.40 bits per heavy atom. The van der Waals surface area contributed by atoms with Gasteiger partial charge in [-0.3, -0.25) is 0 Å². The van der Waals surface area contributed by atoms with Crippen molar-refractivity contribution in [3.63, 3.8) is 0 Å². The highest BCUT2D eigenvalue weighted by Crippen LogP contribution is 2.43. The standard InChI is InChI=1S/C9H9NO4S/c10-3-5(11)7(12)9-8-6(4-15-9)13-1-2-14-8/h4-5,7,11-12H,1-2H2. The lowest BCUT2D eigenvalue weighted by Crippen LogP contribution is -2.18. The second-order valence-electron chi connectivity index (χ2n) is 3.01. The fourth-order valence-electron chi connectivity index (χ4n) is 1.30. The Kier molecular flexibility index (Phi) is 2.77. The van der Waals surface area contributed by atoms with E-state index in [1.807, 2.05) is 0 Å². The molecule has 2 heterocycles. The van der Waals surface area contributed by atoms with Crippen LogP contribution in [0.3, 0.4) is 0 Å². The predicted molar refractivity (Wildman–Crippen MR) is 51.9 cm³/mol. The number of aliphatic hydroxyl groups excluding tert-OH is 2. The Morgan fingerprint density at radius 3 is 2.87 bits per heavy atom. The lowest BCUT2D eigenvalue weighted by Gasteiger charge is -2.18. The van der Waals surface area contributed by atoms with Gasteiger partial charge in [-0.15, -0.1) is 11.3 Å². The predicted octanol–water partition coefficient (Wildman–Crippen LogP) is 0.437. The molecule has 0 fully saturated rings. The summed E-state index contributed by atoms with van der Waals surface area (Å²) >= 11 is 1.21. The van der Waals surface area contributed by atoms with Gasteiger partial charge >= 0.3 is 0 Å². The Balaban J connectivity index is 2.29. The van der Waals surface area contributed by atoms with Crippen LogP contribution in [0, 0.1) is 11.3 Å². The van der Waals surface area contributed by atoms with E-state index in [0.29, 0.717) is 29.6 Å². The molecule has 5 nitrogen and oxygen atoms in total. The molecule has 80 valence electrons. The highest BCUT2D eigenvalue weighted by molar-refractivity contribution is 7.10. The Labute approximate surface area is 90.1 Å². The summed E-state index contributed by atoms with van der Waals surface area (Å²) in [5, 5.41) is 29.0. The molecule has 0 saturated carbocycles. The molecule has 0 bridgehead atoms. The van der Waals surface area contributed by atoms with Gasteiger partial charge in [-0.05, 0) is 0 Å². The first-order valence-corrected chi connectivity index (χ1v) is 5.24. The van der Waals surface area contributed by atoms with Crippen LogP contribution in [0.15, 0.2) is 5.38 Å². The minimum absolute atomic E-state index is 0.409. The first kappa shape index (κ1) is 10.2. The molecule has 6 heteroatoms. The number of nitriles is 1. The number of hydrogen-bond donors (Lipinski definition) is 2. The first-order chi connectivity index (χ1) is 7.24. The van der Waals surface area contributed by atoms with Crippen molar-refractivity contribution in [1.82, 2.24) is 0 Å². The van der Waals surface area contributed by atoms with E-state index >= 15 is 0 Å². The molecule has 0 spiro atoms. The Bertz CT molecular complexity index is 397. The topological polar surface area (TPSA) is 82.7 Å². The first-order valence-electron chi connectivity index (χ1n) is 4.36. The molecule has 0 saturated heterocycles. The zero-order valence-corrected chi connectivity index (χ0v) is 8.53. The maximum Gasteiger partial charge on any atom is 0.178 e. The van der Waals surface area contributed by atoms with Gasteiger partial charge in [0.05, 0.1) is 10.9 Å². The van der Waals surface area contributed by atoms with Gasteiger partial charge < -0.3 is 19.7 Å². The molecule has 0 amide bonds. The monoisotopic (exact) mass is 227 g/mol. The molecule has 2 atom stereocenters. The second kappa shape index (κ2) is 4.06. The molecular weight excluding hydrogens is 218 g/mol. The maximum atomic E-state index is 9.64. The van der Waals surface area contributed by atoms with Crippen LogP contribution >= 0.6 is 11.3 Å². The SMILES string of the molecule is N#CC(O)C(O)c1scc2c1OCCO2. The summed E-state index contributed by atoms with van der Waals surface area (Å²) in [6, 6.07) is 1.58. The highest BCUT2D eigenvalue weighted by Gasteiger charge is 2.27. The molecule has 1 aliphatic rings. The van der Waals surface area contributed by atoms with E-state index in [2.05, 4.69) is 0 Å². The number of thiophene rings is 1. The highest BCUT2D eigenvalue weighted by atomic mass is 32.1. The number of ether oxygens (including phenoxy) is 2. The molecule has 1 aromatic heterocycles. The van der Waals surface area contributed by atoms with E-state index in [-0.39, 0.29) is 0 Å². The summed E-state index contributed by atoms with van der Waals surface area (Å²) in [5.74, 6) is 0.999. The normalized spacial score (nSPS) is 17.9. The van der Waals surface area contributed by atoms with Crippen molar-refractivity contribution in [2.75, 3.05) is 13.2 Å². The lowest BCUT2D eigenvalue weighted by molar-refractivity contribution is 0.0516. The third kappa shape index (κ3) is 1.77. The average Bonchev–Trinajstić information content (AvgIpc) is 2.70. The van der Waals surface area contributed by atoms with Crippen LogP contribution in [0.1, 0.15) is 11.0 Å². The minimum Gasteiger partial charge on any atom is -0.485 e. The molecule has 0 aliphatic carbocycles. The van der Waals surface area contributed by atoms with Crippen LogP contribution < -0.4 is 9.47 Å². The number of fused-ring (bicyclic) bond motifs is 1. The van der Waals surface area contributed by atoms with E-state index in [1.165, 1.54) is 11.3 Å². The summed E-state index contributed by atoms with van der Waals surface area (Å²) in [4.78, 5) is 0.429. The van der Waals surface area contributed by atoms with Crippen molar-refractivity contribution in [2.45, 2.75) is 12.2 Å². The van der Waals surface area contributed by atoms with Crippen LogP contribution in [0.5, 0.6) is 11.5 Å². The second-order valence-corrected chi connectivity index (χ2v) is 3.92. The van der Waals surface area contributed by atoms with Crippen LogP contribution in [0.4, 0.5) is 0 Å². The molecule has 2 unspecified atom stereocenters. The lowest BCUT2D eigenvalue weighted by atomic mass is 10.2. The summed E-state index contributed by atoms with van der Waals surface area (Å²) in [6.07, 6.45) is -2.69. The fraction of sp³-hybridized carbons (Fsp3) is 0.444. The van der Waals surface area contributed by atoms with Gasteiger partial charge in [0.2, 0.25) is 0 Å². The molecule has 1 aromatic rings. The minimum atomic E-state index is -1.45. The molecule has 15 heavy (non-hydrogen) atoms. The van der Waals surface area contributed by atoms with Crippen molar-refractivity contribution in [3.8, 4) is 17.6 Å². The fourth-order valence-corrected chi connectivity index (χ4v) is 2.24. The zero-order valence-electron chi connectivity index (χ0n) is 7.71. The summed E-state index contributed by atoms with van der Waals surface area (Å²) in [5.41, 5.74) is 0. The van der Waals surface area contributed by atoms with E-state index in [1.54, 1.807) is 11.4 Å². The number of aliphatic hydroxyl groups is 2. The van der Waals surface area contributed by atoms with Crippen molar-refractivity contribution in [3.05, 3.63) is 10.3 Å². The third-order valence-corrected chi connectivity index (χ3v) is 3.04. The molecular formula is C9H9NO4S. The van der Waals surface area contributed by atoms with Crippen LogP contribution in [-0.4, -0.2) is 29.5 Å². The van der Waals surface area contributed by atoms with Crippen LogP contribution in [-0.2, 0) is 0 Å². The van der Waals surface area contributed by atoms with Gasteiger partial charge in [-0.1, -0.05) is 0 Å². The number of rotatable bonds is 2. The van der Waals surface area contributed by atoms with Crippen molar-refractivity contribution >= 4 is 11.3 Å². The summed E-state index contributed by atoms with van der Waals surface area (Å²) in [6.45, 7) is 0.881. The maximum absolute atomic E-state index is 9.64. The quantitative estimate of drug-likeness (QED) is 0.716. The van der Waals surface area contributed by atoms with E-state index in [4.69, 9.17) is 14.7 Å². The zero-order chi connectivity index (χ0) is 10.8. The average molecular weight is 227 g/mol. The Hall–Kier alpha value is -1.29. The van der Waals surface area contributed by atoms with Crippen molar-refractivity contribution in [1.29, 1.82) is 5.26 Å². The van der Waals surface area contributed by atoms with Crippen LogP contribution in [0.2, 0.25) is 0 Å². The summed E-state index contributed by atoms with van der Waals surface area (Å²) < 4.78 is 10.6. The van der Waals surface area contributed by atoms with Crippen molar-refractivity contribution in [2.24, 2.45) is 0 Å². The number of nitrogens with zero attached hydrogens (tertiary/aromatic N) is 1. The smallest absolute Gasteiger partial charge is 0.178 e. The van der Waals surface area contributed by atoms with Gasteiger partial charge in [0.15, 0.2) is 17.6 Å². The molecule has 2 N–H and O–H groups in total. The van der Waals surface area contributed by atoms with Gasteiger partial charge in [-0.25, -0.2) is 0 Å². The van der Waals surface area contributed by atoms with Gasteiger partial charge in [0.1, 0.15) is 19.3 Å². The molecule has 0 aromatic carbocycles. The van der Waals surface area contributed by atoms with Crippen LogP contribution in [0.25, 0.3) is 0 Å². The Morgan fingerprint density at radius 2 is 2.13 bits per heavy atom. The molecule has 2 rings (SSSR count).